The highest BCUT2D eigenvalue weighted by molar-refractivity contribution is 8.14. The summed E-state index contributed by atoms with van der Waals surface area (Å²) in [6, 6.07) is 0.471. The zero-order valence-electron chi connectivity index (χ0n) is 10.5. The molecule has 1 saturated heterocycles. The molecule has 0 aliphatic carbocycles. The van der Waals surface area contributed by atoms with Crippen molar-refractivity contribution in [3.63, 3.8) is 0 Å². The molecule has 88 valence electrons. The second-order valence-electron chi connectivity index (χ2n) is 4.75. The Balaban J connectivity index is 2.41. The molecule has 2 unspecified atom stereocenters. The van der Waals surface area contributed by atoms with Crippen LogP contribution in [-0.4, -0.2) is 22.5 Å². The van der Waals surface area contributed by atoms with Crippen LogP contribution in [0.1, 0.15) is 53.4 Å². The van der Waals surface area contributed by atoms with E-state index in [1.165, 1.54) is 25.7 Å². The standard InChI is InChI=1S/C12H24N2S/c1-5-7-8-10(3)13-11-14-12(4,6-2)9-15-11/h10H,5-9H2,1-4H3,(H,13,14). The number of rotatable bonds is 5. The zero-order valence-corrected chi connectivity index (χ0v) is 11.3. The second-order valence-corrected chi connectivity index (χ2v) is 5.72. The van der Waals surface area contributed by atoms with Gasteiger partial charge in [0, 0.05) is 17.3 Å². The highest BCUT2D eigenvalue weighted by atomic mass is 32.2. The number of hydrogen-bond donors (Lipinski definition) is 1. The Bertz CT molecular complexity index is 228. The Labute approximate surface area is 98.3 Å². The summed E-state index contributed by atoms with van der Waals surface area (Å²) < 4.78 is 0. The summed E-state index contributed by atoms with van der Waals surface area (Å²) in [7, 11) is 0. The van der Waals surface area contributed by atoms with Crippen LogP contribution in [0.5, 0.6) is 0 Å². The number of amidine groups is 1. The van der Waals surface area contributed by atoms with Crippen molar-refractivity contribution >= 4 is 16.9 Å². The van der Waals surface area contributed by atoms with Crippen molar-refractivity contribution < 1.29 is 0 Å². The monoisotopic (exact) mass is 228 g/mol. The van der Waals surface area contributed by atoms with Crippen LogP contribution in [0.2, 0.25) is 0 Å². The maximum atomic E-state index is 4.73. The third kappa shape index (κ3) is 4.06. The SMILES string of the molecule is CCCCC(C)N=C1NC(C)(CC)CS1. The van der Waals surface area contributed by atoms with Gasteiger partial charge in [-0.2, -0.15) is 0 Å². The molecule has 1 rings (SSSR count). The lowest BCUT2D eigenvalue weighted by Gasteiger charge is -2.21. The number of nitrogens with one attached hydrogen (secondary N) is 1. The van der Waals surface area contributed by atoms with E-state index < -0.39 is 0 Å². The van der Waals surface area contributed by atoms with E-state index in [0.29, 0.717) is 6.04 Å². The quantitative estimate of drug-likeness (QED) is 0.779. The van der Waals surface area contributed by atoms with Gasteiger partial charge < -0.3 is 5.32 Å². The summed E-state index contributed by atoms with van der Waals surface area (Å²) in [5.74, 6) is 1.16. The molecule has 0 aromatic carbocycles. The molecule has 15 heavy (non-hydrogen) atoms. The normalized spacial score (nSPS) is 30.5. The number of thioether (sulfide) groups is 1. The van der Waals surface area contributed by atoms with Gasteiger partial charge in [-0.15, -0.1) is 0 Å². The summed E-state index contributed by atoms with van der Waals surface area (Å²) in [4.78, 5) is 4.73. The first-order chi connectivity index (χ1) is 7.09. The Kier molecular flexibility index (Phi) is 4.97. The first-order valence-electron chi connectivity index (χ1n) is 6.08. The van der Waals surface area contributed by atoms with Crippen molar-refractivity contribution in [3.05, 3.63) is 0 Å². The average Bonchev–Trinajstić information content (AvgIpc) is 2.58. The lowest BCUT2D eigenvalue weighted by atomic mass is 10.0. The Morgan fingerprint density at radius 1 is 1.53 bits per heavy atom. The molecule has 1 N–H and O–H groups in total. The summed E-state index contributed by atoms with van der Waals surface area (Å²) in [5, 5.41) is 4.69. The largest absolute Gasteiger partial charge is 0.359 e. The second kappa shape index (κ2) is 5.78. The van der Waals surface area contributed by atoms with Crippen LogP contribution in [0.15, 0.2) is 4.99 Å². The van der Waals surface area contributed by atoms with E-state index in [-0.39, 0.29) is 5.54 Å². The Morgan fingerprint density at radius 3 is 2.80 bits per heavy atom. The average molecular weight is 228 g/mol. The predicted molar refractivity (Wildman–Crippen MR) is 70.7 cm³/mol. The predicted octanol–water partition coefficient (Wildman–Crippen LogP) is 3.43. The smallest absolute Gasteiger partial charge is 0.157 e. The molecule has 1 aliphatic heterocycles. The van der Waals surface area contributed by atoms with Crippen LogP contribution in [0.25, 0.3) is 0 Å². The Hall–Kier alpha value is -0.180. The van der Waals surface area contributed by atoms with Crippen LogP contribution >= 0.6 is 11.8 Å². The molecule has 0 aromatic rings. The minimum Gasteiger partial charge on any atom is -0.359 e. The third-order valence-electron chi connectivity index (χ3n) is 3.03. The van der Waals surface area contributed by atoms with E-state index in [2.05, 4.69) is 33.0 Å². The summed E-state index contributed by atoms with van der Waals surface area (Å²) in [5.41, 5.74) is 0.272. The van der Waals surface area contributed by atoms with Gasteiger partial charge >= 0.3 is 0 Å². The fourth-order valence-electron chi connectivity index (χ4n) is 1.58. The highest BCUT2D eigenvalue weighted by Gasteiger charge is 2.30. The van der Waals surface area contributed by atoms with Crippen molar-refractivity contribution in [2.75, 3.05) is 5.75 Å². The van der Waals surface area contributed by atoms with E-state index in [1.807, 2.05) is 11.8 Å². The van der Waals surface area contributed by atoms with Crippen molar-refractivity contribution in [3.8, 4) is 0 Å². The van der Waals surface area contributed by atoms with Gasteiger partial charge in [-0.3, -0.25) is 4.99 Å². The minimum atomic E-state index is 0.272. The van der Waals surface area contributed by atoms with Crippen LogP contribution < -0.4 is 5.32 Å². The molecular formula is C12H24N2S. The molecule has 2 atom stereocenters. The van der Waals surface area contributed by atoms with E-state index in [9.17, 15) is 0 Å². The molecule has 0 radical (unpaired) electrons. The van der Waals surface area contributed by atoms with Gasteiger partial charge in [-0.1, -0.05) is 38.5 Å². The van der Waals surface area contributed by atoms with E-state index >= 15 is 0 Å². The number of aliphatic imine (C=N–C) groups is 1. The molecule has 0 bridgehead atoms. The molecule has 0 aromatic heterocycles. The van der Waals surface area contributed by atoms with Crippen molar-refractivity contribution in [1.29, 1.82) is 0 Å². The van der Waals surface area contributed by atoms with E-state index in [4.69, 9.17) is 4.99 Å². The van der Waals surface area contributed by atoms with Gasteiger partial charge in [0.1, 0.15) is 0 Å². The molecule has 0 saturated carbocycles. The maximum Gasteiger partial charge on any atom is 0.157 e. The molecule has 1 fully saturated rings. The van der Waals surface area contributed by atoms with Crippen molar-refractivity contribution in [2.45, 2.75) is 65.0 Å². The van der Waals surface area contributed by atoms with Gasteiger partial charge in [0.2, 0.25) is 0 Å². The molecule has 0 amide bonds. The molecular weight excluding hydrogens is 204 g/mol. The van der Waals surface area contributed by atoms with Gasteiger partial charge in [0.25, 0.3) is 0 Å². The number of unbranched alkanes of at least 4 members (excludes halogenated alkanes) is 1. The lowest BCUT2D eigenvalue weighted by Crippen LogP contribution is -2.39. The number of nitrogens with zero attached hydrogens (tertiary/aromatic N) is 1. The van der Waals surface area contributed by atoms with Gasteiger partial charge in [0.15, 0.2) is 5.17 Å². The fraction of sp³-hybridized carbons (Fsp3) is 0.917. The molecule has 1 aliphatic rings. The lowest BCUT2D eigenvalue weighted by molar-refractivity contribution is 0.465. The van der Waals surface area contributed by atoms with E-state index in [0.717, 1.165) is 10.9 Å². The van der Waals surface area contributed by atoms with Gasteiger partial charge in [-0.25, -0.2) is 0 Å². The molecule has 0 spiro atoms. The zero-order chi connectivity index (χ0) is 11.3. The highest BCUT2D eigenvalue weighted by Crippen LogP contribution is 2.26. The van der Waals surface area contributed by atoms with Gasteiger partial charge in [0.05, 0.1) is 0 Å². The number of hydrogen-bond acceptors (Lipinski definition) is 2. The van der Waals surface area contributed by atoms with Crippen molar-refractivity contribution in [2.24, 2.45) is 4.99 Å². The molecule has 2 nitrogen and oxygen atoms in total. The van der Waals surface area contributed by atoms with Crippen LogP contribution in [0, 0.1) is 0 Å². The molecule has 1 heterocycles. The minimum absolute atomic E-state index is 0.272. The summed E-state index contributed by atoms with van der Waals surface area (Å²) in [6.45, 7) is 8.96. The van der Waals surface area contributed by atoms with Crippen LogP contribution in [-0.2, 0) is 0 Å². The van der Waals surface area contributed by atoms with Crippen LogP contribution in [0.4, 0.5) is 0 Å². The molecule has 3 heteroatoms. The first-order valence-corrected chi connectivity index (χ1v) is 7.07. The maximum absolute atomic E-state index is 4.73. The fourth-order valence-corrected chi connectivity index (χ4v) is 2.89. The summed E-state index contributed by atoms with van der Waals surface area (Å²) >= 11 is 1.87. The van der Waals surface area contributed by atoms with Crippen molar-refractivity contribution in [1.82, 2.24) is 5.32 Å². The Morgan fingerprint density at radius 2 is 2.27 bits per heavy atom. The van der Waals surface area contributed by atoms with E-state index in [1.54, 1.807) is 0 Å². The van der Waals surface area contributed by atoms with Crippen LogP contribution in [0.3, 0.4) is 0 Å². The summed E-state index contributed by atoms with van der Waals surface area (Å²) in [6.07, 6.45) is 4.93. The first kappa shape index (κ1) is 12.9. The third-order valence-corrected chi connectivity index (χ3v) is 4.29. The van der Waals surface area contributed by atoms with Gasteiger partial charge in [-0.05, 0) is 26.7 Å². The topological polar surface area (TPSA) is 24.4 Å².